The highest BCUT2D eigenvalue weighted by atomic mass is 35.5. The number of benzene rings is 3. The van der Waals surface area contributed by atoms with Crippen LogP contribution in [-0.4, -0.2) is 31.8 Å². The summed E-state index contributed by atoms with van der Waals surface area (Å²) in [5, 5.41) is 3.90. The van der Waals surface area contributed by atoms with Crippen LogP contribution < -0.4 is 10.4 Å². The Morgan fingerprint density at radius 3 is 2.05 bits per heavy atom. The molecule has 1 heterocycles. The normalized spacial score (nSPS) is 21.9. The van der Waals surface area contributed by atoms with Crippen molar-refractivity contribution in [2.45, 2.75) is 77.4 Å². The molecule has 0 bridgehead atoms. The van der Waals surface area contributed by atoms with Gasteiger partial charge in [-0.2, -0.15) is 0 Å². The van der Waals surface area contributed by atoms with Gasteiger partial charge >= 0.3 is 0 Å². The number of hydrogen-bond acceptors (Lipinski definition) is 2. The van der Waals surface area contributed by atoms with Crippen molar-refractivity contribution in [1.29, 1.82) is 0 Å². The van der Waals surface area contributed by atoms with Crippen LogP contribution in [0.15, 0.2) is 108 Å². The molecule has 1 fully saturated rings. The number of allylic oxidation sites excluding steroid dienone is 3. The number of carbonyl (C=O) groups is 1. The van der Waals surface area contributed by atoms with Crippen molar-refractivity contribution in [2.75, 3.05) is 6.61 Å². The van der Waals surface area contributed by atoms with Crippen molar-refractivity contribution in [3.8, 4) is 0 Å². The fourth-order valence-electron chi connectivity index (χ4n) is 7.30. The molecule has 3 aromatic rings. The summed E-state index contributed by atoms with van der Waals surface area (Å²) in [6, 6.07) is 29.2. The maximum atomic E-state index is 14.3. The van der Waals surface area contributed by atoms with Gasteiger partial charge in [-0.05, 0) is 70.4 Å². The summed E-state index contributed by atoms with van der Waals surface area (Å²) in [5.41, 5.74) is 2.33. The van der Waals surface area contributed by atoms with Crippen LogP contribution in [0.3, 0.4) is 0 Å². The molecule has 0 spiro atoms. The van der Waals surface area contributed by atoms with E-state index in [0.717, 1.165) is 36.3 Å². The Hall–Kier alpha value is -2.63. The van der Waals surface area contributed by atoms with E-state index in [4.69, 9.17) is 27.6 Å². The molecule has 1 aliphatic carbocycles. The van der Waals surface area contributed by atoms with Crippen LogP contribution in [0.25, 0.3) is 0 Å². The van der Waals surface area contributed by atoms with Crippen LogP contribution in [0.4, 0.5) is 0 Å². The van der Waals surface area contributed by atoms with E-state index in [-0.39, 0.29) is 34.9 Å². The summed E-state index contributed by atoms with van der Waals surface area (Å²) in [5.74, 6) is 0.200. The summed E-state index contributed by atoms with van der Waals surface area (Å²) >= 11 is 13.0. The number of hydrogen-bond donors (Lipinski definition) is 0. The molecule has 5 rings (SSSR count). The Labute approximate surface area is 275 Å². The molecule has 0 aromatic heterocycles. The molecular weight excluding hydrogens is 601 g/mol. The highest BCUT2D eigenvalue weighted by Gasteiger charge is 2.51. The predicted molar refractivity (Wildman–Crippen MR) is 187 cm³/mol. The quantitative estimate of drug-likeness (QED) is 0.217. The molecule has 3 aromatic carbocycles. The molecule has 1 aliphatic heterocycles. The lowest BCUT2D eigenvalue weighted by atomic mass is 9.74. The smallest absolute Gasteiger partial charge is 0.261 e. The molecule has 232 valence electrons. The van der Waals surface area contributed by atoms with Crippen molar-refractivity contribution in [1.82, 2.24) is 4.90 Å². The minimum absolute atomic E-state index is 0.111. The number of likely N-dealkylation sites (tertiary alicyclic amines) is 1. The minimum atomic E-state index is -2.79. The molecule has 0 N–H and O–H groups in total. The number of piperidine rings is 1. The molecule has 2 aliphatic rings. The standard InChI is InChI=1S/C38H45Cl2NO2Si/c1-6-32(26-43-44(38(3,4)5,33-16-9-7-10-17-33)34-18-11-8-12-19-34)41-36(28-20-22-30(39)23-21-28)35(24-27(2)37(41)42)29-14-13-15-31(40)25-29/h7-12,14,16-23,25,27,32,35-36H,6,13,15,24,26H2,1-5H3/t27?,32-,35+,36+/m0/s1. The lowest BCUT2D eigenvalue weighted by Crippen LogP contribution is -2.67. The van der Waals surface area contributed by atoms with Gasteiger partial charge in [0.1, 0.15) is 0 Å². The summed E-state index contributed by atoms with van der Waals surface area (Å²) < 4.78 is 7.43. The first-order valence-electron chi connectivity index (χ1n) is 16.0. The Bertz CT molecular complexity index is 1440. The molecule has 4 atom stereocenters. The number of rotatable bonds is 9. The Morgan fingerprint density at radius 2 is 1.52 bits per heavy atom. The van der Waals surface area contributed by atoms with Gasteiger partial charge in [-0.1, -0.05) is 137 Å². The Balaban J connectivity index is 1.60. The van der Waals surface area contributed by atoms with Gasteiger partial charge in [-0.25, -0.2) is 0 Å². The first kappa shape index (κ1) is 32.8. The zero-order chi connectivity index (χ0) is 31.5. The van der Waals surface area contributed by atoms with Gasteiger partial charge in [-0.15, -0.1) is 0 Å². The molecule has 1 amide bonds. The number of halogens is 2. The molecular formula is C38H45Cl2NO2Si. The second-order valence-electron chi connectivity index (χ2n) is 13.4. The van der Waals surface area contributed by atoms with Crippen molar-refractivity contribution in [3.05, 3.63) is 118 Å². The average Bonchev–Trinajstić information content (AvgIpc) is 3.02. The molecule has 3 nitrogen and oxygen atoms in total. The SMILES string of the molecule is CC[C@@H](CO[Si](c1ccccc1)(c1ccccc1)C(C)(C)C)N1C(=O)C(C)C[C@H](C2=CCCC(Cl)=C2)[C@H]1c1ccc(Cl)cc1. The highest BCUT2D eigenvalue weighted by molar-refractivity contribution is 6.99. The highest BCUT2D eigenvalue weighted by Crippen LogP contribution is 2.46. The van der Waals surface area contributed by atoms with Crippen molar-refractivity contribution < 1.29 is 9.22 Å². The van der Waals surface area contributed by atoms with E-state index >= 15 is 0 Å². The Morgan fingerprint density at radius 1 is 0.932 bits per heavy atom. The lowest BCUT2D eigenvalue weighted by Gasteiger charge is -2.50. The first-order valence-corrected chi connectivity index (χ1v) is 18.6. The van der Waals surface area contributed by atoms with E-state index in [9.17, 15) is 4.79 Å². The zero-order valence-corrected chi connectivity index (χ0v) is 29.1. The first-order chi connectivity index (χ1) is 21.1. The van der Waals surface area contributed by atoms with Crippen molar-refractivity contribution >= 4 is 47.8 Å². The predicted octanol–water partition coefficient (Wildman–Crippen LogP) is 9.06. The lowest BCUT2D eigenvalue weighted by molar-refractivity contribution is -0.148. The van der Waals surface area contributed by atoms with E-state index in [0.29, 0.717) is 11.6 Å². The molecule has 1 saturated heterocycles. The maximum absolute atomic E-state index is 14.3. The van der Waals surface area contributed by atoms with Crippen LogP contribution in [0.5, 0.6) is 0 Å². The van der Waals surface area contributed by atoms with Gasteiger partial charge in [0.15, 0.2) is 0 Å². The van der Waals surface area contributed by atoms with Gasteiger partial charge in [0, 0.05) is 21.9 Å². The monoisotopic (exact) mass is 645 g/mol. The third kappa shape index (κ3) is 6.51. The van der Waals surface area contributed by atoms with Crippen LogP contribution in [-0.2, 0) is 9.22 Å². The van der Waals surface area contributed by atoms with Crippen LogP contribution in [0, 0.1) is 11.8 Å². The summed E-state index contributed by atoms with van der Waals surface area (Å²) in [6.07, 6.45) is 7.81. The maximum Gasteiger partial charge on any atom is 0.261 e. The van der Waals surface area contributed by atoms with Crippen LogP contribution in [0.1, 0.15) is 71.9 Å². The fourth-order valence-corrected chi connectivity index (χ4v) is 12.3. The zero-order valence-electron chi connectivity index (χ0n) is 26.6. The van der Waals surface area contributed by atoms with Crippen LogP contribution in [0.2, 0.25) is 10.1 Å². The second kappa shape index (κ2) is 13.8. The second-order valence-corrected chi connectivity index (χ2v) is 18.6. The number of nitrogens with zero attached hydrogens (tertiary/aromatic N) is 1. The van der Waals surface area contributed by atoms with Gasteiger partial charge < -0.3 is 9.33 Å². The summed E-state index contributed by atoms with van der Waals surface area (Å²) in [6.45, 7) is 11.6. The summed E-state index contributed by atoms with van der Waals surface area (Å²) in [4.78, 5) is 16.5. The minimum Gasteiger partial charge on any atom is -0.405 e. The largest absolute Gasteiger partial charge is 0.405 e. The molecule has 0 radical (unpaired) electrons. The topological polar surface area (TPSA) is 29.5 Å². The van der Waals surface area contributed by atoms with E-state index < -0.39 is 8.32 Å². The number of carbonyl (C=O) groups excluding carboxylic acids is 1. The van der Waals surface area contributed by atoms with E-state index in [1.54, 1.807) is 0 Å². The van der Waals surface area contributed by atoms with Gasteiger partial charge in [-0.3, -0.25) is 4.79 Å². The molecule has 6 heteroatoms. The average molecular weight is 647 g/mol. The van der Waals surface area contributed by atoms with Gasteiger partial charge in [0.25, 0.3) is 8.32 Å². The fraction of sp³-hybridized carbons (Fsp3) is 0.395. The van der Waals surface area contributed by atoms with Gasteiger partial charge in [0.05, 0.1) is 18.7 Å². The molecule has 44 heavy (non-hydrogen) atoms. The van der Waals surface area contributed by atoms with Gasteiger partial charge in [0.2, 0.25) is 5.91 Å². The summed E-state index contributed by atoms with van der Waals surface area (Å²) in [7, 11) is -2.79. The third-order valence-electron chi connectivity index (χ3n) is 9.46. The van der Waals surface area contributed by atoms with E-state index in [2.05, 4.69) is 124 Å². The van der Waals surface area contributed by atoms with Crippen LogP contribution >= 0.6 is 23.2 Å². The third-order valence-corrected chi connectivity index (χ3v) is 15.0. The molecule has 0 saturated carbocycles. The molecule has 1 unspecified atom stereocenters. The number of amides is 1. The van der Waals surface area contributed by atoms with Crippen molar-refractivity contribution in [2.24, 2.45) is 11.8 Å². The Kier molecular flexibility index (Phi) is 10.3. The van der Waals surface area contributed by atoms with Crippen molar-refractivity contribution in [3.63, 3.8) is 0 Å². The van der Waals surface area contributed by atoms with E-state index in [1.165, 1.54) is 15.9 Å². The van der Waals surface area contributed by atoms with E-state index in [1.807, 2.05) is 12.1 Å².